The van der Waals surface area contributed by atoms with Crippen molar-refractivity contribution in [3.63, 3.8) is 0 Å². The molecule has 0 bridgehead atoms. The fourth-order valence-corrected chi connectivity index (χ4v) is 2.30. The molecule has 0 atom stereocenters. The Labute approximate surface area is 144 Å². The zero-order valence-corrected chi connectivity index (χ0v) is 14.2. The maximum atomic E-state index is 11.8. The van der Waals surface area contributed by atoms with E-state index < -0.39 is 5.97 Å². The van der Waals surface area contributed by atoms with Crippen LogP contribution in [0.3, 0.4) is 0 Å². The van der Waals surface area contributed by atoms with Gasteiger partial charge in [-0.25, -0.2) is 4.79 Å². The van der Waals surface area contributed by atoms with Crippen LogP contribution >= 0.6 is 0 Å². The van der Waals surface area contributed by atoms with E-state index in [1.165, 1.54) is 0 Å². The number of rotatable bonds is 6. The maximum absolute atomic E-state index is 11.8. The van der Waals surface area contributed by atoms with Gasteiger partial charge in [0.1, 0.15) is 17.3 Å². The molecule has 0 aliphatic heterocycles. The quantitative estimate of drug-likeness (QED) is 0.635. The third-order valence-electron chi connectivity index (χ3n) is 3.53. The predicted molar refractivity (Wildman–Crippen MR) is 87.9 cm³/mol. The van der Waals surface area contributed by atoms with E-state index in [1.807, 2.05) is 45.0 Å². The van der Waals surface area contributed by atoms with E-state index in [4.69, 9.17) is 18.3 Å². The summed E-state index contributed by atoms with van der Waals surface area (Å²) in [5.74, 6) is 2.11. The van der Waals surface area contributed by atoms with Crippen molar-refractivity contribution < 1.29 is 23.1 Å². The molecule has 3 aromatic rings. The van der Waals surface area contributed by atoms with E-state index in [-0.39, 0.29) is 19.1 Å². The van der Waals surface area contributed by atoms with Gasteiger partial charge in [0.2, 0.25) is 0 Å². The van der Waals surface area contributed by atoms with Crippen molar-refractivity contribution in [1.82, 2.24) is 10.2 Å². The van der Waals surface area contributed by atoms with E-state index in [1.54, 1.807) is 6.07 Å². The van der Waals surface area contributed by atoms with Crippen LogP contribution in [0.15, 0.2) is 39.2 Å². The molecule has 0 unspecified atom stereocenters. The normalized spacial score (nSPS) is 10.7. The summed E-state index contributed by atoms with van der Waals surface area (Å²) < 4.78 is 21.4. The molecule has 25 heavy (non-hydrogen) atoms. The molecule has 0 fully saturated rings. The average Bonchev–Trinajstić information content (AvgIpc) is 3.18. The highest BCUT2D eigenvalue weighted by molar-refractivity contribution is 5.71. The Morgan fingerprint density at radius 2 is 1.92 bits per heavy atom. The summed E-state index contributed by atoms with van der Waals surface area (Å²) in [6, 6.07) is 9.25. The van der Waals surface area contributed by atoms with Crippen LogP contribution in [0.4, 0.5) is 0 Å². The molecule has 7 heteroatoms. The zero-order chi connectivity index (χ0) is 17.8. The Bertz CT molecular complexity index is 881. The number of benzene rings is 1. The van der Waals surface area contributed by atoms with Gasteiger partial charge >= 0.3 is 5.97 Å². The molecule has 0 aliphatic rings. The van der Waals surface area contributed by atoms with Crippen LogP contribution in [0.25, 0.3) is 11.5 Å². The van der Waals surface area contributed by atoms with Gasteiger partial charge in [0.15, 0.2) is 13.2 Å². The van der Waals surface area contributed by atoms with E-state index in [0.717, 1.165) is 16.9 Å². The topological polar surface area (TPSA) is 87.6 Å². The van der Waals surface area contributed by atoms with Crippen molar-refractivity contribution in [2.45, 2.75) is 27.4 Å². The molecule has 2 aromatic heterocycles. The van der Waals surface area contributed by atoms with Crippen LogP contribution in [0.2, 0.25) is 0 Å². The number of para-hydroxylation sites is 1. The first-order valence-corrected chi connectivity index (χ1v) is 7.77. The molecular formula is C18H18N2O5. The fourth-order valence-electron chi connectivity index (χ4n) is 2.30. The van der Waals surface area contributed by atoms with Gasteiger partial charge in [-0.15, -0.1) is 10.2 Å². The van der Waals surface area contributed by atoms with Crippen LogP contribution in [0, 0.1) is 20.8 Å². The highest BCUT2D eigenvalue weighted by Gasteiger charge is 2.15. The summed E-state index contributed by atoms with van der Waals surface area (Å²) in [6.07, 6.45) is 0. The lowest BCUT2D eigenvalue weighted by Crippen LogP contribution is -2.15. The zero-order valence-electron chi connectivity index (χ0n) is 14.2. The third kappa shape index (κ3) is 4.06. The molecule has 130 valence electrons. The number of ether oxygens (including phenoxy) is 2. The van der Waals surface area contributed by atoms with Gasteiger partial charge in [-0.1, -0.05) is 18.2 Å². The smallest absolute Gasteiger partial charge is 0.344 e. The minimum atomic E-state index is -0.515. The van der Waals surface area contributed by atoms with Gasteiger partial charge < -0.3 is 18.3 Å². The van der Waals surface area contributed by atoms with Crippen molar-refractivity contribution in [3.8, 4) is 17.2 Å². The number of carbonyl (C=O) groups excluding carboxylic acids is 1. The Morgan fingerprint density at radius 1 is 1.12 bits per heavy atom. The molecule has 0 saturated carbocycles. The molecule has 0 amide bonds. The van der Waals surface area contributed by atoms with Crippen molar-refractivity contribution in [2.75, 3.05) is 6.61 Å². The van der Waals surface area contributed by atoms with Gasteiger partial charge in [-0.2, -0.15) is 0 Å². The minimum Gasteiger partial charge on any atom is -0.482 e. The van der Waals surface area contributed by atoms with E-state index in [0.29, 0.717) is 17.4 Å². The van der Waals surface area contributed by atoms with Crippen molar-refractivity contribution in [3.05, 3.63) is 53.3 Å². The third-order valence-corrected chi connectivity index (χ3v) is 3.53. The number of furan rings is 1. The largest absolute Gasteiger partial charge is 0.482 e. The average molecular weight is 342 g/mol. The van der Waals surface area contributed by atoms with Gasteiger partial charge in [0.05, 0.1) is 5.56 Å². The first-order chi connectivity index (χ1) is 12.0. The molecule has 0 aliphatic carbocycles. The maximum Gasteiger partial charge on any atom is 0.344 e. The molecule has 2 heterocycles. The number of carbonyl (C=O) groups is 1. The molecular weight excluding hydrogens is 324 g/mol. The Hall–Kier alpha value is -3.09. The predicted octanol–water partition coefficient (Wildman–Crippen LogP) is 3.38. The first kappa shape index (κ1) is 16.8. The first-order valence-electron chi connectivity index (χ1n) is 7.77. The summed E-state index contributed by atoms with van der Waals surface area (Å²) in [5, 5.41) is 7.82. The van der Waals surface area contributed by atoms with Gasteiger partial charge in [0, 0.05) is 0 Å². The van der Waals surface area contributed by atoms with Gasteiger partial charge in [-0.05, 0) is 38.5 Å². The van der Waals surface area contributed by atoms with Crippen LogP contribution in [-0.4, -0.2) is 22.8 Å². The molecule has 0 saturated heterocycles. The highest BCUT2D eigenvalue weighted by atomic mass is 16.6. The number of hydrogen-bond donors (Lipinski definition) is 0. The second kappa shape index (κ2) is 7.21. The lowest BCUT2D eigenvalue weighted by Gasteiger charge is -2.07. The van der Waals surface area contributed by atoms with E-state index in [9.17, 15) is 4.79 Å². The van der Waals surface area contributed by atoms with E-state index >= 15 is 0 Å². The second-order valence-corrected chi connectivity index (χ2v) is 5.54. The summed E-state index contributed by atoms with van der Waals surface area (Å²) in [4.78, 5) is 11.8. The highest BCUT2D eigenvalue weighted by Crippen LogP contribution is 2.25. The molecule has 1 aromatic carbocycles. The molecule has 7 nitrogen and oxygen atoms in total. The second-order valence-electron chi connectivity index (χ2n) is 5.54. The summed E-state index contributed by atoms with van der Waals surface area (Å²) in [5.41, 5.74) is 1.67. The van der Waals surface area contributed by atoms with Crippen molar-refractivity contribution >= 4 is 5.97 Å². The van der Waals surface area contributed by atoms with Gasteiger partial charge in [0.25, 0.3) is 11.8 Å². The van der Waals surface area contributed by atoms with E-state index in [2.05, 4.69) is 10.2 Å². The molecule has 3 rings (SSSR count). The SMILES string of the molecule is Cc1cc(-c2nnc(COC(=O)COc3ccccc3C)o2)c(C)o1. The number of nitrogens with zero attached hydrogens (tertiary/aromatic N) is 2. The van der Waals surface area contributed by atoms with Crippen LogP contribution < -0.4 is 4.74 Å². The molecule has 0 radical (unpaired) electrons. The van der Waals surface area contributed by atoms with Crippen molar-refractivity contribution in [1.29, 1.82) is 0 Å². The number of hydrogen-bond acceptors (Lipinski definition) is 7. The van der Waals surface area contributed by atoms with Crippen molar-refractivity contribution in [2.24, 2.45) is 0 Å². The van der Waals surface area contributed by atoms with Crippen LogP contribution in [0.5, 0.6) is 5.75 Å². The Morgan fingerprint density at radius 3 is 2.64 bits per heavy atom. The minimum absolute atomic E-state index is 0.112. The number of aryl methyl sites for hydroxylation is 3. The number of esters is 1. The molecule has 0 spiro atoms. The monoisotopic (exact) mass is 342 g/mol. The lowest BCUT2D eigenvalue weighted by molar-refractivity contribution is -0.148. The standard InChI is InChI=1S/C18H18N2O5/c1-11-6-4-5-7-15(11)22-10-17(21)23-9-16-19-20-18(25-16)14-8-12(2)24-13(14)3/h4-8H,9-10H2,1-3H3. The Balaban J connectivity index is 1.53. The lowest BCUT2D eigenvalue weighted by atomic mass is 10.2. The Kier molecular flexibility index (Phi) is 4.83. The summed E-state index contributed by atoms with van der Waals surface area (Å²) >= 11 is 0. The van der Waals surface area contributed by atoms with Crippen LogP contribution in [0.1, 0.15) is 23.0 Å². The van der Waals surface area contributed by atoms with Gasteiger partial charge in [-0.3, -0.25) is 0 Å². The number of aromatic nitrogens is 2. The fraction of sp³-hybridized carbons (Fsp3) is 0.278. The molecule has 0 N–H and O–H groups in total. The summed E-state index contributed by atoms with van der Waals surface area (Å²) in [7, 11) is 0. The summed E-state index contributed by atoms with van der Waals surface area (Å²) in [6.45, 7) is 5.25. The van der Waals surface area contributed by atoms with Crippen LogP contribution in [-0.2, 0) is 16.1 Å².